The first kappa shape index (κ1) is 8.64. The van der Waals surface area contributed by atoms with Crippen molar-refractivity contribution in [3.63, 3.8) is 0 Å². The van der Waals surface area contributed by atoms with Gasteiger partial charge in [-0.25, -0.2) is 0 Å². The fraction of sp³-hybridized carbons (Fsp3) is 0.375. The van der Waals surface area contributed by atoms with Crippen molar-refractivity contribution in [3.05, 3.63) is 24.1 Å². The van der Waals surface area contributed by atoms with Crippen LogP contribution in [0.5, 0.6) is 0 Å². The monoisotopic (exact) mass is 164 g/mol. The first-order chi connectivity index (χ1) is 5.88. The Morgan fingerprint density at radius 1 is 1.58 bits per heavy atom. The van der Waals surface area contributed by atoms with Crippen LogP contribution in [-0.4, -0.2) is 20.6 Å². The summed E-state index contributed by atoms with van der Waals surface area (Å²) in [6.07, 6.45) is 7.02. The fourth-order valence-corrected chi connectivity index (χ4v) is 0.829. The molecular weight excluding hydrogens is 152 g/mol. The Balaban J connectivity index is 2.78. The van der Waals surface area contributed by atoms with Gasteiger partial charge in [0.15, 0.2) is 0 Å². The number of allylic oxidation sites excluding steroid dienone is 4. The molecule has 1 aromatic heterocycles. The second-order valence-electron chi connectivity index (χ2n) is 2.29. The van der Waals surface area contributed by atoms with E-state index in [-0.39, 0.29) is 0 Å². The summed E-state index contributed by atoms with van der Waals surface area (Å²) in [5.74, 6) is 0.641. The number of tetrazole rings is 1. The number of nitrogens with zero attached hydrogens (tertiary/aromatic N) is 3. The van der Waals surface area contributed by atoms with Crippen LogP contribution in [0.2, 0.25) is 0 Å². The molecule has 0 fully saturated rings. The van der Waals surface area contributed by atoms with Gasteiger partial charge in [-0.3, -0.25) is 0 Å². The van der Waals surface area contributed by atoms with E-state index in [9.17, 15) is 0 Å². The van der Waals surface area contributed by atoms with Gasteiger partial charge in [0.05, 0.1) is 0 Å². The Bertz CT molecular complexity index is 271. The maximum atomic E-state index is 3.87. The van der Waals surface area contributed by atoms with Gasteiger partial charge in [0.2, 0.25) is 5.82 Å². The first-order valence-corrected chi connectivity index (χ1v) is 3.95. The molecule has 1 rings (SSSR count). The van der Waals surface area contributed by atoms with E-state index in [1.54, 1.807) is 0 Å². The number of hydrogen-bond donors (Lipinski definition) is 1. The number of H-pyrrole nitrogens is 1. The van der Waals surface area contributed by atoms with E-state index in [1.807, 2.05) is 19.1 Å². The Kier molecular flexibility index (Phi) is 3.19. The van der Waals surface area contributed by atoms with E-state index in [1.165, 1.54) is 0 Å². The third-order valence-electron chi connectivity index (χ3n) is 1.45. The van der Waals surface area contributed by atoms with Gasteiger partial charge in [-0.05, 0) is 18.6 Å². The van der Waals surface area contributed by atoms with Crippen LogP contribution < -0.4 is 0 Å². The zero-order valence-electron chi connectivity index (χ0n) is 7.28. The van der Waals surface area contributed by atoms with Crippen LogP contribution in [0.3, 0.4) is 0 Å². The molecule has 0 radical (unpaired) electrons. The SMILES string of the molecule is C/C=C(\C=C/CC)c1nn[nH]n1. The smallest absolute Gasteiger partial charge is 0.177 e. The van der Waals surface area contributed by atoms with Crippen molar-refractivity contribution in [1.82, 2.24) is 20.6 Å². The molecule has 64 valence electrons. The van der Waals surface area contributed by atoms with Crippen molar-refractivity contribution in [2.24, 2.45) is 0 Å². The van der Waals surface area contributed by atoms with Crippen LogP contribution in [0.1, 0.15) is 26.1 Å². The molecule has 1 N–H and O–H groups in total. The molecule has 0 unspecified atom stereocenters. The first-order valence-electron chi connectivity index (χ1n) is 3.95. The summed E-state index contributed by atoms with van der Waals surface area (Å²) >= 11 is 0. The molecule has 0 aliphatic carbocycles. The topological polar surface area (TPSA) is 54.5 Å². The number of aromatic nitrogens is 4. The summed E-state index contributed by atoms with van der Waals surface area (Å²) in [5.41, 5.74) is 0.991. The summed E-state index contributed by atoms with van der Waals surface area (Å²) in [6, 6.07) is 0. The van der Waals surface area contributed by atoms with Crippen LogP contribution in [0, 0.1) is 0 Å². The molecule has 0 aliphatic rings. The quantitative estimate of drug-likeness (QED) is 0.690. The summed E-state index contributed by atoms with van der Waals surface area (Å²) in [6.45, 7) is 4.03. The van der Waals surface area contributed by atoms with Crippen LogP contribution in [0.4, 0.5) is 0 Å². The fourth-order valence-electron chi connectivity index (χ4n) is 0.829. The minimum absolute atomic E-state index is 0.641. The molecule has 4 heteroatoms. The zero-order chi connectivity index (χ0) is 8.81. The van der Waals surface area contributed by atoms with E-state index in [4.69, 9.17) is 0 Å². The van der Waals surface area contributed by atoms with Gasteiger partial charge < -0.3 is 0 Å². The van der Waals surface area contributed by atoms with Crippen LogP contribution in [0.15, 0.2) is 18.2 Å². The highest BCUT2D eigenvalue weighted by molar-refractivity contribution is 5.68. The Hall–Kier alpha value is -1.45. The molecule has 1 heterocycles. The predicted molar refractivity (Wildman–Crippen MR) is 47.3 cm³/mol. The molecule has 0 amide bonds. The van der Waals surface area contributed by atoms with Gasteiger partial charge in [-0.2, -0.15) is 5.21 Å². The summed E-state index contributed by atoms with van der Waals surface area (Å²) in [7, 11) is 0. The molecule has 1 aromatic rings. The highest BCUT2D eigenvalue weighted by Gasteiger charge is 1.99. The predicted octanol–water partition coefficient (Wildman–Crippen LogP) is 1.57. The average Bonchev–Trinajstić information content (AvgIpc) is 2.59. The van der Waals surface area contributed by atoms with Gasteiger partial charge in [0.25, 0.3) is 0 Å². The van der Waals surface area contributed by atoms with Gasteiger partial charge >= 0.3 is 0 Å². The van der Waals surface area contributed by atoms with Gasteiger partial charge in [-0.15, -0.1) is 10.2 Å². The maximum absolute atomic E-state index is 3.87. The number of nitrogens with one attached hydrogen (secondary N) is 1. The highest BCUT2D eigenvalue weighted by Crippen LogP contribution is 2.08. The number of hydrogen-bond acceptors (Lipinski definition) is 3. The third-order valence-corrected chi connectivity index (χ3v) is 1.45. The Morgan fingerprint density at radius 3 is 2.92 bits per heavy atom. The van der Waals surface area contributed by atoms with E-state index in [0.717, 1.165) is 12.0 Å². The third kappa shape index (κ3) is 2.02. The van der Waals surface area contributed by atoms with E-state index < -0.39 is 0 Å². The van der Waals surface area contributed by atoms with Gasteiger partial charge in [0.1, 0.15) is 0 Å². The second-order valence-corrected chi connectivity index (χ2v) is 2.29. The number of aromatic amines is 1. The van der Waals surface area contributed by atoms with E-state index in [2.05, 4.69) is 33.6 Å². The molecule has 4 nitrogen and oxygen atoms in total. The van der Waals surface area contributed by atoms with Crippen molar-refractivity contribution in [2.75, 3.05) is 0 Å². The van der Waals surface area contributed by atoms with Gasteiger partial charge in [0, 0.05) is 5.57 Å². The number of rotatable bonds is 3. The lowest BCUT2D eigenvalue weighted by Crippen LogP contribution is -1.83. The lowest BCUT2D eigenvalue weighted by Gasteiger charge is -1.90. The normalized spacial score (nSPS) is 12.7. The Morgan fingerprint density at radius 2 is 2.42 bits per heavy atom. The van der Waals surface area contributed by atoms with E-state index >= 15 is 0 Å². The zero-order valence-corrected chi connectivity index (χ0v) is 7.28. The molecule has 0 aromatic carbocycles. The largest absolute Gasteiger partial charge is 0.204 e. The molecular formula is C8H12N4. The lowest BCUT2D eigenvalue weighted by atomic mass is 10.2. The molecule has 0 atom stereocenters. The van der Waals surface area contributed by atoms with Crippen molar-refractivity contribution in [1.29, 1.82) is 0 Å². The van der Waals surface area contributed by atoms with Crippen LogP contribution in [0.25, 0.3) is 5.57 Å². The van der Waals surface area contributed by atoms with Crippen molar-refractivity contribution in [2.45, 2.75) is 20.3 Å². The average molecular weight is 164 g/mol. The summed E-state index contributed by atoms with van der Waals surface area (Å²) < 4.78 is 0. The standard InChI is InChI=1S/C8H12N4/c1-3-5-6-7(4-2)8-9-11-12-10-8/h4-6H,3H2,1-2H3,(H,9,10,11,12)/b6-5-,7-4+. The summed E-state index contributed by atoms with van der Waals surface area (Å²) in [5, 5.41) is 13.7. The molecule has 0 spiro atoms. The van der Waals surface area contributed by atoms with E-state index in [0.29, 0.717) is 5.82 Å². The Labute approximate surface area is 71.4 Å². The molecule has 12 heavy (non-hydrogen) atoms. The highest BCUT2D eigenvalue weighted by atomic mass is 15.5. The minimum atomic E-state index is 0.641. The lowest BCUT2D eigenvalue weighted by molar-refractivity contribution is 0.881. The van der Waals surface area contributed by atoms with Crippen molar-refractivity contribution in [3.8, 4) is 0 Å². The molecule has 0 aliphatic heterocycles. The minimum Gasteiger partial charge on any atom is -0.177 e. The molecule has 0 bridgehead atoms. The van der Waals surface area contributed by atoms with Gasteiger partial charge in [-0.1, -0.05) is 25.2 Å². The second kappa shape index (κ2) is 4.43. The van der Waals surface area contributed by atoms with Crippen LogP contribution >= 0.6 is 0 Å². The maximum Gasteiger partial charge on any atom is 0.204 e. The molecule has 0 saturated heterocycles. The summed E-state index contributed by atoms with van der Waals surface area (Å²) in [4.78, 5) is 0. The molecule has 0 saturated carbocycles. The van der Waals surface area contributed by atoms with Crippen molar-refractivity contribution >= 4 is 5.57 Å². The van der Waals surface area contributed by atoms with Crippen LogP contribution in [-0.2, 0) is 0 Å². The van der Waals surface area contributed by atoms with Crippen molar-refractivity contribution < 1.29 is 0 Å².